The zero-order valence-corrected chi connectivity index (χ0v) is 19.5. The Labute approximate surface area is 197 Å². The van der Waals surface area contributed by atoms with Gasteiger partial charge in [-0.3, -0.25) is 9.59 Å². The summed E-state index contributed by atoms with van der Waals surface area (Å²) in [6.07, 6.45) is 3.31. The van der Waals surface area contributed by atoms with E-state index in [0.29, 0.717) is 33.2 Å². The number of nitrogens with one attached hydrogen (secondary N) is 2. The van der Waals surface area contributed by atoms with Gasteiger partial charge in [-0.25, -0.2) is 4.98 Å². The summed E-state index contributed by atoms with van der Waals surface area (Å²) in [6.45, 7) is 5.97. The molecule has 8 nitrogen and oxygen atoms in total. The van der Waals surface area contributed by atoms with Crippen LogP contribution in [-0.2, 0) is 11.3 Å². The summed E-state index contributed by atoms with van der Waals surface area (Å²) in [5.41, 5.74) is 0.307. The number of benzene rings is 1. The third-order valence-corrected chi connectivity index (χ3v) is 6.18. The molecular formula is C19H18Cl2N6O2S2. The van der Waals surface area contributed by atoms with Crippen LogP contribution in [-0.4, -0.2) is 37.3 Å². The largest absolute Gasteiger partial charge is 0.342 e. The number of thiazole rings is 1. The molecule has 0 bridgehead atoms. The average molecular weight is 497 g/mol. The van der Waals surface area contributed by atoms with E-state index in [0.717, 1.165) is 0 Å². The number of rotatable bonds is 9. The van der Waals surface area contributed by atoms with Gasteiger partial charge < -0.3 is 15.2 Å². The number of carbonyl (C=O) groups is 2. The Morgan fingerprint density at radius 3 is 2.84 bits per heavy atom. The lowest BCUT2D eigenvalue weighted by Gasteiger charge is -2.15. The zero-order chi connectivity index (χ0) is 22.4. The monoisotopic (exact) mass is 496 g/mol. The SMILES string of the molecule is C=CCn1c(SCC(=O)Nc2nccs2)nnc1[C@@H](C)NC(=O)c1ccc(Cl)cc1Cl. The second-order valence-corrected chi connectivity index (χ2v) is 8.91. The average Bonchev–Trinajstić information content (AvgIpc) is 3.36. The normalized spacial score (nSPS) is 11.7. The highest BCUT2D eigenvalue weighted by atomic mass is 35.5. The van der Waals surface area contributed by atoms with Gasteiger partial charge in [0.25, 0.3) is 5.91 Å². The van der Waals surface area contributed by atoms with E-state index in [4.69, 9.17) is 23.2 Å². The first-order valence-corrected chi connectivity index (χ1v) is 11.6. The fourth-order valence-corrected chi connectivity index (χ4v) is 4.41. The van der Waals surface area contributed by atoms with Crippen molar-refractivity contribution in [3.8, 4) is 0 Å². The van der Waals surface area contributed by atoms with E-state index in [2.05, 4.69) is 32.4 Å². The van der Waals surface area contributed by atoms with Crippen LogP contribution in [0.15, 0.2) is 47.6 Å². The van der Waals surface area contributed by atoms with Crippen LogP contribution in [0.4, 0.5) is 5.13 Å². The van der Waals surface area contributed by atoms with Crippen LogP contribution < -0.4 is 10.6 Å². The van der Waals surface area contributed by atoms with Gasteiger partial charge in [0.2, 0.25) is 5.91 Å². The molecule has 0 saturated carbocycles. The Bertz CT molecular complexity index is 1090. The van der Waals surface area contributed by atoms with E-state index in [9.17, 15) is 9.59 Å². The Morgan fingerprint density at radius 2 is 2.16 bits per heavy atom. The molecule has 2 N–H and O–H groups in total. The molecule has 3 rings (SSSR count). The molecule has 0 radical (unpaired) electrons. The highest BCUT2D eigenvalue weighted by molar-refractivity contribution is 7.99. The number of amides is 2. The fraction of sp³-hybridized carbons (Fsp3) is 0.211. The van der Waals surface area contributed by atoms with Gasteiger partial charge in [0, 0.05) is 23.1 Å². The van der Waals surface area contributed by atoms with Crippen molar-refractivity contribution in [1.29, 1.82) is 0 Å². The summed E-state index contributed by atoms with van der Waals surface area (Å²) in [5, 5.41) is 17.5. The highest BCUT2D eigenvalue weighted by Gasteiger charge is 2.21. The second kappa shape index (κ2) is 10.8. The molecule has 0 saturated heterocycles. The summed E-state index contributed by atoms with van der Waals surface area (Å²) in [5.74, 6) is 0.101. The number of halogens is 2. The molecule has 1 aromatic carbocycles. The number of hydrogen-bond donors (Lipinski definition) is 2. The topological polar surface area (TPSA) is 102 Å². The van der Waals surface area contributed by atoms with E-state index >= 15 is 0 Å². The molecule has 1 atom stereocenters. The van der Waals surface area contributed by atoms with Gasteiger partial charge in [0.1, 0.15) is 0 Å². The van der Waals surface area contributed by atoms with Gasteiger partial charge >= 0.3 is 0 Å². The van der Waals surface area contributed by atoms with Crippen molar-refractivity contribution in [3.63, 3.8) is 0 Å². The van der Waals surface area contributed by atoms with Crippen LogP contribution in [0, 0.1) is 0 Å². The maximum Gasteiger partial charge on any atom is 0.253 e. The van der Waals surface area contributed by atoms with Crippen molar-refractivity contribution in [3.05, 3.63) is 63.9 Å². The Kier molecular flexibility index (Phi) is 8.08. The smallest absolute Gasteiger partial charge is 0.253 e. The molecule has 31 heavy (non-hydrogen) atoms. The minimum Gasteiger partial charge on any atom is -0.342 e. The van der Waals surface area contributed by atoms with Gasteiger partial charge in [-0.2, -0.15) is 0 Å². The summed E-state index contributed by atoms with van der Waals surface area (Å²) >= 11 is 14.6. The Balaban J connectivity index is 1.69. The minimum absolute atomic E-state index is 0.135. The van der Waals surface area contributed by atoms with Crippen molar-refractivity contribution in [2.45, 2.75) is 24.7 Å². The fourth-order valence-electron chi connectivity index (χ4n) is 2.61. The molecule has 3 aromatic rings. The lowest BCUT2D eigenvalue weighted by molar-refractivity contribution is -0.113. The van der Waals surface area contributed by atoms with E-state index in [1.165, 1.54) is 29.2 Å². The summed E-state index contributed by atoms with van der Waals surface area (Å²) in [6, 6.07) is 4.20. The first-order chi connectivity index (χ1) is 14.9. The molecule has 162 valence electrons. The third kappa shape index (κ3) is 6.07. The molecular weight excluding hydrogens is 479 g/mol. The predicted octanol–water partition coefficient (Wildman–Crippen LogP) is 4.45. The van der Waals surface area contributed by atoms with Crippen molar-refractivity contribution >= 4 is 63.2 Å². The van der Waals surface area contributed by atoms with E-state index in [-0.39, 0.29) is 22.6 Å². The number of aromatic nitrogens is 4. The molecule has 0 unspecified atom stereocenters. The maximum absolute atomic E-state index is 12.6. The van der Waals surface area contributed by atoms with Gasteiger partial charge in [0.05, 0.1) is 22.4 Å². The molecule has 0 spiro atoms. The molecule has 12 heteroatoms. The van der Waals surface area contributed by atoms with E-state index < -0.39 is 6.04 Å². The summed E-state index contributed by atoms with van der Waals surface area (Å²) in [7, 11) is 0. The van der Waals surface area contributed by atoms with Gasteiger partial charge in [-0.15, -0.1) is 28.1 Å². The molecule has 2 amide bonds. The lowest BCUT2D eigenvalue weighted by Crippen LogP contribution is -2.29. The van der Waals surface area contributed by atoms with Crippen molar-refractivity contribution < 1.29 is 9.59 Å². The van der Waals surface area contributed by atoms with Gasteiger partial charge in [0.15, 0.2) is 16.1 Å². The lowest BCUT2D eigenvalue weighted by atomic mass is 10.2. The molecule has 0 fully saturated rings. The molecule has 0 aliphatic rings. The number of hydrogen-bond acceptors (Lipinski definition) is 7. The van der Waals surface area contributed by atoms with Crippen LogP contribution in [0.25, 0.3) is 0 Å². The molecule has 0 aliphatic heterocycles. The van der Waals surface area contributed by atoms with Crippen molar-refractivity contribution in [1.82, 2.24) is 25.1 Å². The molecule has 2 heterocycles. The second-order valence-electron chi connectivity index (χ2n) is 6.23. The number of allylic oxidation sites excluding steroid dienone is 1. The van der Waals surface area contributed by atoms with Crippen LogP contribution >= 0.6 is 46.3 Å². The standard InChI is InChI=1S/C19H18Cl2N6O2S2/c1-3-7-27-16(11(2)23-17(29)13-5-4-12(20)9-14(13)21)25-26-19(27)31-10-15(28)24-18-22-6-8-30-18/h3-6,8-9,11H,1,7,10H2,2H3,(H,23,29)(H,22,24,28)/t11-/m1/s1. The first kappa shape index (κ1) is 23.3. The van der Waals surface area contributed by atoms with Crippen LogP contribution in [0.1, 0.15) is 29.1 Å². The quantitative estimate of drug-likeness (QED) is 0.335. The number of thioether (sulfide) groups is 1. The van der Waals surface area contributed by atoms with Crippen molar-refractivity contribution in [2.24, 2.45) is 0 Å². The predicted molar refractivity (Wildman–Crippen MR) is 124 cm³/mol. The van der Waals surface area contributed by atoms with Crippen molar-refractivity contribution in [2.75, 3.05) is 11.1 Å². The van der Waals surface area contributed by atoms with Crippen LogP contribution in [0.5, 0.6) is 0 Å². The number of nitrogens with zero attached hydrogens (tertiary/aromatic N) is 4. The summed E-state index contributed by atoms with van der Waals surface area (Å²) < 4.78 is 1.79. The first-order valence-electron chi connectivity index (χ1n) is 9.01. The molecule has 2 aromatic heterocycles. The van der Waals surface area contributed by atoms with Crippen LogP contribution in [0.3, 0.4) is 0 Å². The minimum atomic E-state index is -0.467. The highest BCUT2D eigenvalue weighted by Crippen LogP contribution is 2.24. The third-order valence-electron chi connectivity index (χ3n) is 3.98. The Hall–Kier alpha value is -2.40. The van der Waals surface area contributed by atoms with E-state index in [1.807, 2.05) is 0 Å². The van der Waals surface area contributed by atoms with Crippen LogP contribution in [0.2, 0.25) is 10.0 Å². The number of carbonyl (C=O) groups excluding carboxylic acids is 2. The summed E-state index contributed by atoms with van der Waals surface area (Å²) in [4.78, 5) is 28.8. The maximum atomic E-state index is 12.6. The van der Waals surface area contributed by atoms with E-state index in [1.54, 1.807) is 41.3 Å². The Morgan fingerprint density at radius 1 is 1.35 bits per heavy atom. The molecule has 0 aliphatic carbocycles. The number of anilines is 1. The van der Waals surface area contributed by atoms with Gasteiger partial charge in [-0.05, 0) is 25.1 Å². The van der Waals surface area contributed by atoms with Gasteiger partial charge in [-0.1, -0.05) is 41.0 Å². The zero-order valence-electron chi connectivity index (χ0n) is 16.3.